The average Bonchev–Trinajstić information content (AvgIpc) is 3.30. The number of imidazole rings is 1. The minimum Gasteiger partial charge on any atom is -0.369 e. The second-order valence-electron chi connectivity index (χ2n) is 6.36. The minimum absolute atomic E-state index is 0.147. The Morgan fingerprint density at radius 3 is 2.77 bits per heavy atom. The van der Waals surface area contributed by atoms with E-state index in [0.717, 1.165) is 12.8 Å². The van der Waals surface area contributed by atoms with Crippen LogP contribution in [0.5, 0.6) is 0 Å². The number of benzene rings is 1. The van der Waals surface area contributed by atoms with Crippen LogP contribution in [0.2, 0.25) is 0 Å². The Kier molecular flexibility index (Phi) is 4.13. The lowest BCUT2D eigenvalue weighted by Gasteiger charge is -2.32. The molecule has 132 valence electrons. The molecule has 3 heterocycles. The molecular weight excluding hydrogens is 335 g/mol. The molecule has 1 aromatic carbocycles. The van der Waals surface area contributed by atoms with Gasteiger partial charge in [-0.1, -0.05) is 5.16 Å². The lowest BCUT2D eigenvalue weighted by Crippen LogP contribution is -2.33. The Labute approximate surface area is 149 Å². The predicted octanol–water partition coefficient (Wildman–Crippen LogP) is 2.86. The van der Waals surface area contributed by atoms with E-state index in [2.05, 4.69) is 15.1 Å². The van der Waals surface area contributed by atoms with Gasteiger partial charge in [0.15, 0.2) is 5.82 Å². The number of aromatic nitrogens is 4. The molecule has 0 amide bonds. The second kappa shape index (κ2) is 6.59. The fourth-order valence-corrected chi connectivity index (χ4v) is 3.27. The molecule has 8 heteroatoms. The summed E-state index contributed by atoms with van der Waals surface area (Å²) in [4.78, 5) is 10.7. The van der Waals surface area contributed by atoms with Gasteiger partial charge < -0.3 is 14.0 Å². The van der Waals surface area contributed by atoms with E-state index >= 15 is 0 Å². The van der Waals surface area contributed by atoms with E-state index in [0.29, 0.717) is 41.9 Å². The molecule has 4 rings (SSSR count). The second-order valence-corrected chi connectivity index (χ2v) is 6.36. The normalized spacial score (nSPS) is 15.2. The van der Waals surface area contributed by atoms with E-state index in [4.69, 9.17) is 9.78 Å². The molecule has 0 N–H and O–H groups in total. The van der Waals surface area contributed by atoms with Crippen LogP contribution in [0.3, 0.4) is 0 Å². The molecule has 1 saturated heterocycles. The van der Waals surface area contributed by atoms with Crippen LogP contribution in [0, 0.1) is 17.1 Å². The van der Waals surface area contributed by atoms with Crippen LogP contribution in [0.15, 0.2) is 35.1 Å². The zero-order chi connectivity index (χ0) is 18.1. The number of hydrogen-bond donors (Lipinski definition) is 0. The first-order valence-electron chi connectivity index (χ1n) is 8.41. The zero-order valence-electron chi connectivity index (χ0n) is 14.3. The largest absolute Gasteiger partial charge is 0.369 e. The van der Waals surface area contributed by atoms with Gasteiger partial charge in [0.05, 0.1) is 17.3 Å². The third kappa shape index (κ3) is 2.92. The fourth-order valence-electron chi connectivity index (χ4n) is 3.27. The van der Waals surface area contributed by atoms with Gasteiger partial charge in [-0.25, -0.2) is 9.37 Å². The Morgan fingerprint density at radius 1 is 1.31 bits per heavy atom. The topological polar surface area (TPSA) is 83.8 Å². The van der Waals surface area contributed by atoms with Gasteiger partial charge in [0.25, 0.3) is 0 Å². The highest BCUT2D eigenvalue weighted by molar-refractivity contribution is 5.51. The van der Waals surface area contributed by atoms with Gasteiger partial charge in [-0.15, -0.1) is 0 Å². The number of nitrogens with zero attached hydrogens (tertiary/aromatic N) is 6. The van der Waals surface area contributed by atoms with Crippen LogP contribution < -0.4 is 4.90 Å². The number of piperidine rings is 1. The maximum absolute atomic E-state index is 14.2. The van der Waals surface area contributed by atoms with Crippen molar-refractivity contribution < 1.29 is 8.91 Å². The van der Waals surface area contributed by atoms with Gasteiger partial charge >= 0.3 is 0 Å². The molecule has 0 atom stereocenters. The maximum atomic E-state index is 14.2. The lowest BCUT2D eigenvalue weighted by atomic mass is 9.96. The molecule has 0 unspecified atom stereocenters. The van der Waals surface area contributed by atoms with Gasteiger partial charge in [-0.05, 0) is 31.0 Å². The van der Waals surface area contributed by atoms with E-state index in [9.17, 15) is 4.39 Å². The van der Waals surface area contributed by atoms with Crippen LogP contribution >= 0.6 is 0 Å². The summed E-state index contributed by atoms with van der Waals surface area (Å²) in [6.45, 7) is 1.38. The van der Waals surface area contributed by atoms with Crippen molar-refractivity contribution in [2.75, 3.05) is 18.0 Å². The van der Waals surface area contributed by atoms with E-state index in [1.54, 1.807) is 18.3 Å². The number of anilines is 1. The van der Waals surface area contributed by atoms with E-state index < -0.39 is 0 Å². The summed E-state index contributed by atoms with van der Waals surface area (Å²) >= 11 is 0. The van der Waals surface area contributed by atoms with Crippen LogP contribution in [0.25, 0.3) is 11.6 Å². The molecule has 1 aliphatic heterocycles. The lowest BCUT2D eigenvalue weighted by molar-refractivity contribution is 0.329. The first kappa shape index (κ1) is 16.3. The van der Waals surface area contributed by atoms with Crippen molar-refractivity contribution >= 4 is 5.69 Å². The molecule has 0 spiro atoms. The molecule has 1 aliphatic rings. The van der Waals surface area contributed by atoms with E-state index in [1.807, 2.05) is 28.8 Å². The average molecular weight is 352 g/mol. The summed E-state index contributed by atoms with van der Waals surface area (Å²) in [5.74, 6) is 1.53. The molecule has 26 heavy (non-hydrogen) atoms. The Balaban J connectivity index is 1.45. The van der Waals surface area contributed by atoms with Crippen molar-refractivity contribution in [1.29, 1.82) is 5.26 Å². The van der Waals surface area contributed by atoms with Crippen LogP contribution in [-0.2, 0) is 7.05 Å². The number of rotatable bonds is 3. The zero-order valence-corrected chi connectivity index (χ0v) is 14.3. The molecule has 0 aliphatic carbocycles. The predicted molar refractivity (Wildman–Crippen MR) is 91.8 cm³/mol. The highest BCUT2D eigenvalue weighted by Crippen LogP contribution is 2.31. The summed E-state index contributed by atoms with van der Waals surface area (Å²) in [7, 11) is 1.88. The summed E-state index contributed by atoms with van der Waals surface area (Å²) in [6, 6.07) is 6.53. The first-order chi connectivity index (χ1) is 12.7. The van der Waals surface area contributed by atoms with E-state index in [1.165, 1.54) is 6.07 Å². The molecule has 0 saturated carbocycles. The van der Waals surface area contributed by atoms with E-state index in [-0.39, 0.29) is 11.7 Å². The van der Waals surface area contributed by atoms with Crippen molar-refractivity contribution in [3.8, 4) is 17.7 Å². The standard InChI is InChI=1S/C18H17FN6O/c1-24-9-6-21-17(24)16-22-18(26-23-16)13-4-7-25(8-5-13)15-3-2-12(11-20)10-14(15)19/h2-3,6,9-10,13H,4-5,7-8H2,1H3. The highest BCUT2D eigenvalue weighted by atomic mass is 19.1. The number of halogens is 1. The van der Waals surface area contributed by atoms with Gasteiger partial charge in [-0.2, -0.15) is 10.2 Å². The first-order valence-corrected chi connectivity index (χ1v) is 8.41. The Bertz CT molecular complexity index is 964. The number of hydrogen-bond acceptors (Lipinski definition) is 6. The summed E-state index contributed by atoms with van der Waals surface area (Å²) in [5, 5.41) is 12.9. The van der Waals surface area contributed by atoms with Gasteiger partial charge in [-0.3, -0.25) is 0 Å². The highest BCUT2D eigenvalue weighted by Gasteiger charge is 2.27. The quantitative estimate of drug-likeness (QED) is 0.721. The van der Waals surface area contributed by atoms with Gasteiger partial charge in [0.2, 0.25) is 11.7 Å². The van der Waals surface area contributed by atoms with Gasteiger partial charge in [0, 0.05) is 38.4 Å². The van der Waals surface area contributed by atoms with Crippen LogP contribution in [0.1, 0.15) is 30.2 Å². The van der Waals surface area contributed by atoms with Crippen molar-refractivity contribution in [1.82, 2.24) is 19.7 Å². The molecule has 7 nitrogen and oxygen atoms in total. The molecule has 3 aromatic rings. The van der Waals surface area contributed by atoms with Crippen molar-refractivity contribution in [3.63, 3.8) is 0 Å². The SMILES string of the molecule is Cn1ccnc1-c1noc(C2CCN(c3ccc(C#N)cc3F)CC2)n1. The third-order valence-electron chi connectivity index (χ3n) is 4.72. The third-order valence-corrected chi connectivity index (χ3v) is 4.72. The Hall–Kier alpha value is -3.21. The fraction of sp³-hybridized carbons (Fsp3) is 0.333. The molecular formula is C18H17FN6O. The molecule has 0 radical (unpaired) electrons. The summed E-state index contributed by atoms with van der Waals surface area (Å²) in [5.41, 5.74) is 0.857. The number of aryl methyl sites for hydroxylation is 1. The van der Waals surface area contributed by atoms with Gasteiger partial charge in [0.1, 0.15) is 5.82 Å². The van der Waals surface area contributed by atoms with Crippen LogP contribution in [0.4, 0.5) is 10.1 Å². The molecule has 1 fully saturated rings. The molecule has 2 aromatic heterocycles. The van der Waals surface area contributed by atoms with Crippen LogP contribution in [-0.4, -0.2) is 32.8 Å². The summed E-state index contributed by atoms with van der Waals surface area (Å²) < 4.78 is 21.5. The molecule has 0 bridgehead atoms. The van der Waals surface area contributed by atoms with Crippen molar-refractivity contribution in [3.05, 3.63) is 47.9 Å². The smallest absolute Gasteiger partial charge is 0.238 e. The Morgan fingerprint density at radius 2 is 2.12 bits per heavy atom. The monoisotopic (exact) mass is 352 g/mol. The number of nitriles is 1. The minimum atomic E-state index is -0.364. The maximum Gasteiger partial charge on any atom is 0.238 e. The van der Waals surface area contributed by atoms with Crippen molar-refractivity contribution in [2.45, 2.75) is 18.8 Å². The van der Waals surface area contributed by atoms with Crippen molar-refractivity contribution in [2.24, 2.45) is 7.05 Å². The summed E-state index contributed by atoms with van der Waals surface area (Å²) in [6.07, 6.45) is 5.11.